The Kier molecular flexibility index (Phi) is 12.2. The number of hydrogen-bond acceptors (Lipinski definition) is 4. The Hall–Kier alpha value is 0.830. The molecule has 1 aromatic rings. The Morgan fingerprint density at radius 2 is 2.20 bits per heavy atom. The summed E-state index contributed by atoms with van der Waals surface area (Å²) in [5, 5.41) is 9.03. The van der Waals surface area contributed by atoms with Crippen LogP contribution in [0.25, 0.3) is 0 Å². The van der Waals surface area contributed by atoms with Gasteiger partial charge in [0.05, 0.1) is 18.7 Å². The number of H-pyrrole nitrogens is 2. The zero-order chi connectivity index (χ0) is 9.68. The first-order valence-corrected chi connectivity index (χ1v) is 4.42. The summed E-state index contributed by atoms with van der Waals surface area (Å²) in [7, 11) is 0. The van der Waals surface area contributed by atoms with E-state index in [0.717, 1.165) is 0 Å². The van der Waals surface area contributed by atoms with Gasteiger partial charge >= 0.3 is 65.1 Å². The molecule has 0 fully saturated rings. The molecule has 0 radical (unpaired) electrons. The third-order valence-electron chi connectivity index (χ3n) is 1.49. The largest absolute Gasteiger partial charge is 1.00 e. The van der Waals surface area contributed by atoms with Crippen LogP contribution in [-0.2, 0) is 16.0 Å². The average molecular weight is 247 g/mol. The van der Waals surface area contributed by atoms with Gasteiger partial charge in [0, 0.05) is 6.42 Å². The van der Waals surface area contributed by atoms with Crippen LogP contribution in [0.5, 0.6) is 0 Å². The molecular weight excluding hydrogens is 236 g/mol. The number of rotatable bonds is 4. The van der Waals surface area contributed by atoms with Crippen LogP contribution in [0, 0.1) is 4.64 Å². The van der Waals surface area contributed by atoms with Crippen LogP contribution in [0.4, 0.5) is 0 Å². The van der Waals surface area contributed by atoms with Gasteiger partial charge in [0.25, 0.3) is 0 Å². The Bertz CT molecular complexity index is 339. The normalized spacial score (nSPS) is 8.60. The predicted octanol–water partition coefficient (Wildman–Crippen LogP) is -5.03. The van der Waals surface area contributed by atoms with Crippen LogP contribution in [0.1, 0.15) is 19.0 Å². The minimum Gasteiger partial charge on any atom is -0.466 e. The molecule has 0 saturated heterocycles. The van der Waals surface area contributed by atoms with Crippen molar-refractivity contribution in [1.82, 2.24) is 15.4 Å². The Morgan fingerprint density at radius 1 is 1.53 bits per heavy atom. The molecule has 0 saturated carbocycles. The minimum absolute atomic E-state index is 0. The maximum absolute atomic E-state index is 10.9. The molecule has 5 nitrogen and oxygen atoms in total. The summed E-state index contributed by atoms with van der Waals surface area (Å²) in [6, 6.07) is 0. The van der Waals surface area contributed by atoms with Gasteiger partial charge in [-0.15, -0.1) is 0 Å². The molecule has 15 heavy (non-hydrogen) atoms. The molecule has 1 heterocycles. The van der Waals surface area contributed by atoms with Gasteiger partial charge in [-0.2, -0.15) is 5.10 Å². The molecular formula is C7H11N3Na2O2S+2. The molecule has 0 spiro atoms. The smallest absolute Gasteiger partial charge is 0.466 e. The van der Waals surface area contributed by atoms with Crippen molar-refractivity contribution in [3.63, 3.8) is 0 Å². The van der Waals surface area contributed by atoms with Gasteiger partial charge in [0.1, 0.15) is 4.64 Å². The summed E-state index contributed by atoms with van der Waals surface area (Å²) >= 11 is 4.90. The molecule has 0 unspecified atom stereocenters. The van der Waals surface area contributed by atoms with Crippen molar-refractivity contribution in [1.29, 1.82) is 0 Å². The summed E-state index contributed by atoms with van der Waals surface area (Å²) in [4.78, 5) is 10.9. The molecule has 0 aliphatic carbocycles. The SMILES string of the molecule is CCOC(=O)CCc1n[nH][nH]c1=S.[Na+].[Na+]. The van der Waals surface area contributed by atoms with E-state index in [1.807, 2.05) is 0 Å². The molecule has 8 heteroatoms. The molecule has 0 atom stereocenters. The average Bonchev–Trinajstić information content (AvgIpc) is 2.48. The van der Waals surface area contributed by atoms with Gasteiger partial charge in [-0.3, -0.25) is 9.89 Å². The van der Waals surface area contributed by atoms with Crippen LogP contribution in [0.2, 0.25) is 0 Å². The van der Waals surface area contributed by atoms with Crippen molar-refractivity contribution >= 4 is 18.2 Å². The van der Waals surface area contributed by atoms with E-state index in [4.69, 9.17) is 17.0 Å². The molecule has 1 rings (SSSR count). The maximum Gasteiger partial charge on any atom is 1.00 e. The summed E-state index contributed by atoms with van der Waals surface area (Å²) in [5.41, 5.74) is 0.697. The van der Waals surface area contributed by atoms with Gasteiger partial charge in [0.2, 0.25) is 0 Å². The van der Waals surface area contributed by atoms with Crippen LogP contribution >= 0.6 is 12.2 Å². The zero-order valence-electron chi connectivity index (χ0n) is 9.29. The fourth-order valence-corrected chi connectivity index (χ4v) is 1.09. The van der Waals surface area contributed by atoms with Gasteiger partial charge < -0.3 is 4.74 Å². The monoisotopic (exact) mass is 247 g/mol. The van der Waals surface area contributed by atoms with Gasteiger partial charge in [0.15, 0.2) is 0 Å². The van der Waals surface area contributed by atoms with Crippen molar-refractivity contribution in [3.05, 3.63) is 10.3 Å². The predicted molar refractivity (Wildman–Crippen MR) is 48.7 cm³/mol. The number of aromatic amines is 2. The van der Waals surface area contributed by atoms with Crippen LogP contribution < -0.4 is 59.1 Å². The van der Waals surface area contributed by atoms with Crippen LogP contribution in [-0.4, -0.2) is 28.0 Å². The summed E-state index contributed by atoms with van der Waals surface area (Å²) < 4.78 is 5.30. The first-order chi connectivity index (χ1) is 6.24. The van der Waals surface area contributed by atoms with Crippen molar-refractivity contribution in [3.8, 4) is 0 Å². The van der Waals surface area contributed by atoms with E-state index in [2.05, 4.69) is 15.4 Å². The molecule has 72 valence electrons. The molecule has 0 aromatic carbocycles. The second kappa shape index (κ2) is 10.0. The second-order valence-corrected chi connectivity index (χ2v) is 2.84. The zero-order valence-corrected chi connectivity index (χ0v) is 14.1. The Labute approximate surface area is 137 Å². The number of esters is 1. The number of hydrogen-bond donors (Lipinski definition) is 2. The van der Waals surface area contributed by atoms with E-state index in [1.165, 1.54) is 0 Å². The summed E-state index contributed by atoms with van der Waals surface area (Å²) in [6.07, 6.45) is 0.827. The fourth-order valence-electron chi connectivity index (χ4n) is 0.892. The van der Waals surface area contributed by atoms with E-state index >= 15 is 0 Å². The summed E-state index contributed by atoms with van der Waals surface area (Å²) in [6.45, 7) is 2.19. The summed E-state index contributed by atoms with van der Waals surface area (Å²) in [5.74, 6) is -0.222. The minimum atomic E-state index is -0.222. The van der Waals surface area contributed by atoms with E-state index < -0.39 is 0 Å². The van der Waals surface area contributed by atoms with Crippen molar-refractivity contribution in [2.75, 3.05) is 6.61 Å². The molecule has 0 bridgehead atoms. The second-order valence-electron chi connectivity index (χ2n) is 2.43. The number of ether oxygens (including phenoxy) is 1. The van der Waals surface area contributed by atoms with E-state index in [1.54, 1.807) is 6.92 Å². The van der Waals surface area contributed by atoms with Crippen molar-refractivity contribution in [2.45, 2.75) is 19.8 Å². The maximum atomic E-state index is 10.9. The Balaban J connectivity index is 0. The number of aromatic nitrogens is 3. The quantitative estimate of drug-likeness (QED) is 0.317. The topological polar surface area (TPSA) is 70.8 Å². The van der Waals surface area contributed by atoms with Crippen molar-refractivity contribution < 1.29 is 68.6 Å². The number of aryl methyl sites for hydroxylation is 1. The van der Waals surface area contributed by atoms with Gasteiger partial charge in [-0.1, -0.05) is 12.2 Å². The first-order valence-electron chi connectivity index (χ1n) is 4.01. The van der Waals surface area contributed by atoms with Crippen molar-refractivity contribution in [2.24, 2.45) is 0 Å². The molecule has 1 aromatic heterocycles. The molecule has 0 aliphatic heterocycles. The Morgan fingerprint density at radius 3 is 2.67 bits per heavy atom. The van der Waals surface area contributed by atoms with E-state index in [0.29, 0.717) is 29.8 Å². The number of carbonyl (C=O) groups excluding carboxylic acids is 1. The van der Waals surface area contributed by atoms with Crippen LogP contribution in [0.15, 0.2) is 0 Å². The molecule has 0 aliphatic rings. The number of nitrogens with zero attached hydrogens (tertiary/aromatic N) is 1. The third kappa shape index (κ3) is 6.88. The fraction of sp³-hybridized carbons (Fsp3) is 0.571. The standard InChI is InChI=1S/C7H11N3O2S.2Na/c1-2-12-6(11)4-3-5-7(13)9-10-8-5;;/h2-4H2,1H3,(H2,8,9,10,13);;/q;2*+1. The number of nitrogens with one attached hydrogen (secondary N) is 2. The third-order valence-corrected chi connectivity index (χ3v) is 1.83. The van der Waals surface area contributed by atoms with E-state index in [9.17, 15) is 4.79 Å². The first kappa shape index (κ1) is 18.2. The molecule has 0 amide bonds. The molecule has 2 N–H and O–H groups in total. The van der Waals surface area contributed by atoms with Crippen LogP contribution in [0.3, 0.4) is 0 Å². The van der Waals surface area contributed by atoms with Gasteiger partial charge in [-0.05, 0) is 6.92 Å². The van der Waals surface area contributed by atoms with Gasteiger partial charge in [-0.25, -0.2) is 5.21 Å². The van der Waals surface area contributed by atoms with E-state index in [-0.39, 0.29) is 65.1 Å². The number of carbonyl (C=O) groups is 1.